The molecule has 1 fully saturated rings. The van der Waals surface area contributed by atoms with Crippen LogP contribution in [0, 0.1) is 13.8 Å². The number of hydrogen-bond donors (Lipinski definition) is 1. The molecule has 2 aromatic rings. The van der Waals surface area contributed by atoms with Crippen LogP contribution in [-0.2, 0) is 14.8 Å². The van der Waals surface area contributed by atoms with Gasteiger partial charge in [-0.1, -0.05) is 30.3 Å². The van der Waals surface area contributed by atoms with Crippen LogP contribution < -0.4 is 9.46 Å². The number of nitrogens with zero attached hydrogens (tertiary/aromatic N) is 1. The predicted octanol–water partition coefficient (Wildman–Crippen LogP) is 2.65. The molecule has 0 unspecified atom stereocenters. The summed E-state index contributed by atoms with van der Waals surface area (Å²) in [6.07, 6.45) is 1.17. The molecule has 1 saturated heterocycles. The molecular formula is C21H26N2O4S. The van der Waals surface area contributed by atoms with Crippen molar-refractivity contribution in [1.29, 1.82) is 0 Å². The first kappa shape index (κ1) is 20.4. The zero-order chi connectivity index (χ0) is 20.1. The first-order valence-electron chi connectivity index (χ1n) is 9.41. The van der Waals surface area contributed by atoms with Crippen molar-refractivity contribution in [3.05, 3.63) is 59.7 Å². The maximum absolute atomic E-state index is 12.4. The van der Waals surface area contributed by atoms with E-state index < -0.39 is 10.0 Å². The molecule has 0 bridgehead atoms. The summed E-state index contributed by atoms with van der Waals surface area (Å²) < 4.78 is 33.3. The summed E-state index contributed by atoms with van der Waals surface area (Å²) >= 11 is 0. The zero-order valence-electron chi connectivity index (χ0n) is 16.2. The Morgan fingerprint density at radius 3 is 2.43 bits per heavy atom. The highest BCUT2D eigenvalue weighted by Crippen LogP contribution is 2.21. The Kier molecular flexibility index (Phi) is 6.36. The smallest absolute Gasteiger partial charge is 0.260 e. The second-order valence-corrected chi connectivity index (χ2v) is 8.79. The molecular weight excluding hydrogens is 376 g/mol. The third-order valence-electron chi connectivity index (χ3n) is 5.13. The van der Waals surface area contributed by atoms with E-state index in [0.717, 1.165) is 16.9 Å². The third kappa shape index (κ3) is 4.91. The van der Waals surface area contributed by atoms with E-state index in [1.54, 1.807) is 35.2 Å². The minimum Gasteiger partial charge on any atom is -0.483 e. The van der Waals surface area contributed by atoms with E-state index in [1.165, 1.54) is 0 Å². The minimum atomic E-state index is -3.53. The number of benzene rings is 2. The summed E-state index contributed by atoms with van der Waals surface area (Å²) in [4.78, 5) is 14.4. The molecule has 0 atom stereocenters. The number of piperidine rings is 1. The van der Waals surface area contributed by atoms with Crippen LogP contribution in [0.1, 0.15) is 24.0 Å². The van der Waals surface area contributed by atoms with E-state index in [9.17, 15) is 13.2 Å². The molecule has 6 nitrogen and oxygen atoms in total. The number of rotatable bonds is 6. The Balaban J connectivity index is 1.49. The van der Waals surface area contributed by atoms with Gasteiger partial charge < -0.3 is 9.64 Å². The highest BCUT2D eigenvalue weighted by Gasteiger charge is 2.26. The quantitative estimate of drug-likeness (QED) is 0.806. The molecule has 1 N–H and O–H groups in total. The summed E-state index contributed by atoms with van der Waals surface area (Å²) in [5, 5.41) is 0. The van der Waals surface area contributed by atoms with Gasteiger partial charge in [0.25, 0.3) is 5.91 Å². The van der Waals surface area contributed by atoms with Crippen LogP contribution in [0.15, 0.2) is 53.4 Å². The number of hydrogen-bond acceptors (Lipinski definition) is 4. The maximum Gasteiger partial charge on any atom is 0.260 e. The lowest BCUT2D eigenvalue weighted by atomic mass is 10.1. The number of aryl methyl sites for hydroxylation is 1. The van der Waals surface area contributed by atoms with E-state index in [1.807, 2.05) is 32.0 Å². The first-order valence-corrected chi connectivity index (χ1v) is 10.9. The van der Waals surface area contributed by atoms with Gasteiger partial charge in [0.2, 0.25) is 10.0 Å². The molecule has 28 heavy (non-hydrogen) atoms. The second kappa shape index (κ2) is 8.75. The van der Waals surface area contributed by atoms with Crippen molar-refractivity contribution in [1.82, 2.24) is 9.62 Å². The molecule has 0 aliphatic carbocycles. The molecule has 3 rings (SSSR count). The van der Waals surface area contributed by atoms with Gasteiger partial charge in [-0.2, -0.15) is 0 Å². The molecule has 150 valence electrons. The Morgan fingerprint density at radius 2 is 1.75 bits per heavy atom. The monoisotopic (exact) mass is 402 g/mol. The zero-order valence-corrected chi connectivity index (χ0v) is 17.0. The van der Waals surface area contributed by atoms with Crippen molar-refractivity contribution < 1.29 is 17.9 Å². The fraction of sp³-hybridized carbons (Fsp3) is 0.381. The Labute approximate surface area is 166 Å². The highest BCUT2D eigenvalue weighted by molar-refractivity contribution is 7.89. The van der Waals surface area contributed by atoms with Crippen LogP contribution in [-0.4, -0.2) is 45.0 Å². The normalized spacial score (nSPS) is 15.4. The molecule has 0 saturated carbocycles. The molecule has 1 aliphatic rings. The van der Waals surface area contributed by atoms with Crippen LogP contribution in [0.4, 0.5) is 0 Å². The third-order valence-corrected chi connectivity index (χ3v) is 6.67. The minimum absolute atomic E-state index is 0.00922. The van der Waals surface area contributed by atoms with Gasteiger partial charge in [-0.25, -0.2) is 13.1 Å². The summed E-state index contributed by atoms with van der Waals surface area (Å²) in [6.45, 7) is 4.99. The maximum atomic E-state index is 12.4. The van der Waals surface area contributed by atoms with Crippen LogP contribution >= 0.6 is 0 Å². The van der Waals surface area contributed by atoms with Gasteiger partial charge in [-0.15, -0.1) is 0 Å². The number of sulfonamides is 1. The van der Waals surface area contributed by atoms with Crippen molar-refractivity contribution in [3.63, 3.8) is 0 Å². The molecule has 0 radical (unpaired) electrons. The lowest BCUT2D eigenvalue weighted by molar-refractivity contribution is -0.134. The Morgan fingerprint density at radius 1 is 1.07 bits per heavy atom. The summed E-state index contributed by atoms with van der Waals surface area (Å²) in [6, 6.07) is 13.9. The second-order valence-electron chi connectivity index (χ2n) is 7.08. The van der Waals surface area contributed by atoms with Crippen molar-refractivity contribution >= 4 is 15.9 Å². The lowest BCUT2D eigenvalue weighted by Crippen LogP contribution is -2.47. The van der Waals surface area contributed by atoms with Gasteiger partial charge in [-0.05, 0) is 56.0 Å². The largest absolute Gasteiger partial charge is 0.483 e. The number of likely N-dealkylation sites (tertiary alicyclic amines) is 1. The molecule has 1 aliphatic heterocycles. The van der Waals surface area contributed by atoms with Crippen molar-refractivity contribution in [2.24, 2.45) is 0 Å². The van der Waals surface area contributed by atoms with E-state index >= 15 is 0 Å². The van der Waals surface area contributed by atoms with Crippen LogP contribution in [0.5, 0.6) is 5.75 Å². The van der Waals surface area contributed by atoms with Gasteiger partial charge in [0.1, 0.15) is 5.75 Å². The number of nitrogens with one attached hydrogen (secondary N) is 1. The lowest BCUT2D eigenvalue weighted by Gasteiger charge is -2.32. The standard InChI is InChI=1S/C21H26N2O4S/c1-16-7-6-10-20(17(16)2)27-15-21(24)23-13-11-18(12-14-23)22-28(25,26)19-8-4-3-5-9-19/h3-10,18,22H,11-15H2,1-2H3. The topological polar surface area (TPSA) is 75.7 Å². The van der Waals surface area contributed by atoms with Gasteiger partial charge in [0.05, 0.1) is 4.90 Å². The first-order chi connectivity index (χ1) is 13.4. The molecule has 7 heteroatoms. The number of carbonyl (C=O) groups is 1. The predicted molar refractivity (Wildman–Crippen MR) is 108 cm³/mol. The van der Waals surface area contributed by atoms with Crippen molar-refractivity contribution in [2.75, 3.05) is 19.7 Å². The average Bonchev–Trinajstić information content (AvgIpc) is 2.70. The number of ether oxygens (including phenoxy) is 1. The number of carbonyl (C=O) groups excluding carboxylic acids is 1. The van der Waals surface area contributed by atoms with Gasteiger partial charge in [-0.3, -0.25) is 4.79 Å². The summed E-state index contributed by atoms with van der Waals surface area (Å²) in [7, 11) is -3.53. The van der Waals surface area contributed by atoms with E-state index in [0.29, 0.717) is 25.9 Å². The Bertz CT molecular complexity index is 921. The van der Waals surface area contributed by atoms with Crippen LogP contribution in [0.3, 0.4) is 0 Å². The van der Waals surface area contributed by atoms with E-state index in [4.69, 9.17) is 4.74 Å². The van der Waals surface area contributed by atoms with Gasteiger partial charge in [0.15, 0.2) is 6.61 Å². The molecule has 2 aromatic carbocycles. The average molecular weight is 403 g/mol. The SMILES string of the molecule is Cc1cccc(OCC(=O)N2CCC(NS(=O)(=O)c3ccccc3)CC2)c1C. The van der Waals surface area contributed by atoms with Crippen LogP contribution in [0.25, 0.3) is 0 Å². The molecule has 1 amide bonds. The molecule has 0 spiro atoms. The van der Waals surface area contributed by atoms with E-state index in [2.05, 4.69) is 4.72 Å². The summed E-state index contributed by atoms with van der Waals surface area (Å²) in [5.74, 6) is 0.643. The summed E-state index contributed by atoms with van der Waals surface area (Å²) in [5.41, 5.74) is 2.15. The number of amides is 1. The van der Waals surface area contributed by atoms with Crippen molar-refractivity contribution in [3.8, 4) is 5.75 Å². The molecule has 1 heterocycles. The van der Waals surface area contributed by atoms with Crippen molar-refractivity contribution in [2.45, 2.75) is 37.6 Å². The van der Waals surface area contributed by atoms with Gasteiger partial charge >= 0.3 is 0 Å². The van der Waals surface area contributed by atoms with Crippen LogP contribution in [0.2, 0.25) is 0 Å². The molecule has 0 aromatic heterocycles. The fourth-order valence-electron chi connectivity index (χ4n) is 3.25. The Hall–Kier alpha value is -2.38. The fourth-order valence-corrected chi connectivity index (χ4v) is 4.57. The highest BCUT2D eigenvalue weighted by atomic mass is 32.2. The van der Waals surface area contributed by atoms with E-state index in [-0.39, 0.29) is 23.5 Å². The van der Waals surface area contributed by atoms with Gasteiger partial charge in [0, 0.05) is 19.1 Å².